The zero-order valence-corrected chi connectivity index (χ0v) is 15.0. The standard InChI is InChI=1S/C17H16FNO7S/c1-12(27(23,24)16-8-4-14(5-9-16)19(21)22)17(20)26-11-10-25-15-6-2-13(18)3-7-15/h2-9,12H,10-11H2,1H3/t12-/m0/s1. The molecule has 0 aliphatic rings. The summed E-state index contributed by atoms with van der Waals surface area (Å²) in [5, 5.41) is 9.13. The zero-order valence-electron chi connectivity index (χ0n) is 14.2. The average Bonchev–Trinajstić information content (AvgIpc) is 2.65. The van der Waals surface area contributed by atoms with E-state index in [4.69, 9.17) is 9.47 Å². The summed E-state index contributed by atoms with van der Waals surface area (Å²) in [4.78, 5) is 21.7. The van der Waals surface area contributed by atoms with E-state index in [1.807, 2.05) is 0 Å². The Morgan fingerprint density at radius 2 is 1.70 bits per heavy atom. The third kappa shape index (κ3) is 5.23. The number of hydrogen-bond acceptors (Lipinski definition) is 7. The van der Waals surface area contributed by atoms with Gasteiger partial charge in [-0.05, 0) is 43.3 Å². The van der Waals surface area contributed by atoms with Crippen molar-refractivity contribution in [1.29, 1.82) is 0 Å². The van der Waals surface area contributed by atoms with Gasteiger partial charge in [-0.2, -0.15) is 0 Å². The van der Waals surface area contributed by atoms with Crippen LogP contribution in [0.5, 0.6) is 5.75 Å². The second kappa shape index (κ2) is 8.58. The van der Waals surface area contributed by atoms with Gasteiger partial charge in [-0.3, -0.25) is 14.9 Å². The molecule has 0 bridgehead atoms. The van der Waals surface area contributed by atoms with E-state index >= 15 is 0 Å². The fourth-order valence-electron chi connectivity index (χ4n) is 2.04. The van der Waals surface area contributed by atoms with E-state index in [2.05, 4.69) is 0 Å². The Hall–Kier alpha value is -3.01. The highest BCUT2D eigenvalue weighted by molar-refractivity contribution is 7.92. The number of esters is 1. The maximum absolute atomic E-state index is 12.8. The van der Waals surface area contributed by atoms with Crippen LogP contribution in [0.4, 0.5) is 10.1 Å². The molecule has 144 valence electrons. The van der Waals surface area contributed by atoms with Gasteiger partial charge in [-0.15, -0.1) is 0 Å². The Morgan fingerprint density at radius 3 is 2.26 bits per heavy atom. The number of benzene rings is 2. The summed E-state index contributed by atoms with van der Waals surface area (Å²) in [6.45, 7) is 0.928. The van der Waals surface area contributed by atoms with Crippen molar-refractivity contribution in [3.05, 3.63) is 64.5 Å². The first kappa shape index (κ1) is 20.3. The number of rotatable bonds is 8. The van der Waals surface area contributed by atoms with Crippen molar-refractivity contribution >= 4 is 21.5 Å². The molecule has 0 saturated heterocycles. The summed E-state index contributed by atoms with van der Waals surface area (Å²) in [7, 11) is -4.05. The lowest BCUT2D eigenvalue weighted by atomic mass is 10.3. The van der Waals surface area contributed by atoms with Gasteiger partial charge in [0, 0.05) is 12.1 Å². The number of nitrogens with zero attached hydrogens (tertiary/aromatic N) is 1. The Morgan fingerprint density at radius 1 is 1.11 bits per heavy atom. The highest BCUT2D eigenvalue weighted by atomic mass is 32.2. The normalized spacial score (nSPS) is 12.2. The largest absolute Gasteiger partial charge is 0.490 e. The first-order valence-corrected chi connectivity index (χ1v) is 9.30. The second-order valence-electron chi connectivity index (χ2n) is 5.41. The molecule has 0 unspecified atom stereocenters. The first-order chi connectivity index (χ1) is 12.7. The summed E-state index contributed by atoms with van der Waals surface area (Å²) in [6.07, 6.45) is 0. The third-order valence-corrected chi connectivity index (χ3v) is 5.64. The molecule has 27 heavy (non-hydrogen) atoms. The molecule has 8 nitrogen and oxygen atoms in total. The molecule has 1 atom stereocenters. The molecule has 10 heteroatoms. The van der Waals surface area contributed by atoms with Crippen molar-refractivity contribution in [3.8, 4) is 5.75 Å². The SMILES string of the molecule is C[C@@H](C(=O)OCCOc1ccc(F)cc1)S(=O)(=O)c1ccc([N+](=O)[O-])cc1. The lowest BCUT2D eigenvalue weighted by Crippen LogP contribution is -2.30. The average molecular weight is 397 g/mol. The van der Waals surface area contributed by atoms with Gasteiger partial charge in [-0.25, -0.2) is 12.8 Å². The molecule has 0 radical (unpaired) electrons. The van der Waals surface area contributed by atoms with Crippen LogP contribution in [0.2, 0.25) is 0 Å². The maximum atomic E-state index is 12.8. The monoisotopic (exact) mass is 397 g/mol. The van der Waals surface area contributed by atoms with Crippen LogP contribution in [0.15, 0.2) is 53.4 Å². The molecule has 2 rings (SSSR count). The van der Waals surface area contributed by atoms with E-state index in [0.717, 1.165) is 24.3 Å². The number of carbonyl (C=O) groups excluding carboxylic acids is 1. The van der Waals surface area contributed by atoms with E-state index in [1.54, 1.807) is 0 Å². The highest BCUT2D eigenvalue weighted by Crippen LogP contribution is 2.20. The summed E-state index contributed by atoms with van der Waals surface area (Å²) >= 11 is 0. The van der Waals surface area contributed by atoms with Crippen LogP contribution in [0.3, 0.4) is 0 Å². The summed E-state index contributed by atoms with van der Waals surface area (Å²) < 4.78 is 47.7. The molecule has 0 aliphatic heterocycles. The number of sulfone groups is 1. The van der Waals surface area contributed by atoms with E-state index in [1.165, 1.54) is 31.2 Å². The quantitative estimate of drug-likeness (QED) is 0.291. The van der Waals surface area contributed by atoms with Crippen LogP contribution in [0.1, 0.15) is 6.92 Å². The molecule has 0 heterocycles. The van der Waals surface area contributed by atoms with Crippen molar-refractivity contribution in [2.45, 2.75) is 17.1 Å². The van der Waals surface area contributed by atoms with Crippen molar-refractivity contribution in [3.63, 3.8) is 0 Å². The summed E-state index contributed by atoms with van der Waals surface area (Å²) in [5.74, 6) is -1.02. The molecule has 0 N–H and O–H groups in total. The number of carbonyl (C=O) groups is 1. The predicted molar refractivity (Wildman–Crippen MR) is 92.6 cm³/mol. The second-order valence-corrected chi connectivity index (χ2v) is 7.68. The van der Waals surface area contributed by atoms with Crippen molar-refractivity contribution in [2.24, 2.45) is 0 Å². The van der Waals surface area contributed by atoms with Crippen LogP contribution in [0, 0.1) is 15.9 Å². The zero-order chi connectivity index (χ0) is 20.0. The minimum atomic E-state index is -4.05. The van der Waals surface area contributed by atoms with Gasteiger partial charge in [-0.1, -0.05) is 0 Å². The molecule has 0 saturated carbocycles. The Labute approximate surface area is 154 Å². The van der Waals surface area contributed by atoms with Gasteiger partial charge in [0.2, 0.25) is 0 Å². The van der Waals surface area contributed by atoms with Gasteiger partial charge in [0.05, 0.1) is 9.82 Å². The topological polar surface area (TPSA) is 113 Å². The van der Waals surface area contributed by atoms with Gasteiger partial charge in [0.25, 0.3) is 5.69 Å². The van der Waals surface area contributed by atoms with E-state index in [-0.39, 0.29) is 23.8 Å². The highest BCUT2D eigenvalue weighted by Gasteiger charge is 2.31. The van der Waals surface area contributed by atoms with Crippen molar-refractivity contribution in [2.75, 3.05) is 13.2 Å². The molecule has 0 aliphatic carbocycles. The lowest BCUT2D eigenvalue weighted by molar-refractivity contribution is -0.384. The fourth-order valence-corrected chi connectivity index (χ4v) is 3.28. The predicted octanol–water partition coefficient (Wildman–Crippen LogP) is 2.52. The minimum absolute atomic E-state index is 0.0400. The molecular weight excluding hydrogens is 381 g/mol. The molecule has 2 aromatic carbocycles. The van der Waals surface area contributed by atoms with Crippen LogP contribution in [-0.2, 0) is 19.4 Å². The Bertz CT molecular complexity index is 911. The van der Waals surface area contributed by atoms with E-state index < -0.39 is 31.8 Å². The molecule has 0 fully saturated rings. The molecule has 2 aromatic rings. The number of hydrogen-bond donors (Lipinski definition) is 0. The van der Waals surface area contributed by atoms with E-state index in [0.29, 0.717) is 5.75 Å². The molecular formula is C17H16FNO7S. The van der Waals surface area contributed by atoms with E-state index in [9.17, 15) is 27.7 Å². The van der Waals surface area contributed by atoms with Crippen LogP contribution >= 0.6 is 0 Å². The van der Waals surface area contributed by atoms with Gasteiger partial charge >= 0.3 is 5.97 Å². The van der Waals surface area contributed by atoms with Gasteiger partial charge in [0.1, 0.15) is 24.8 Å². The summed E-state index contributed by atoms with van der Waals surface area (Å²) in [5.41, 5.74) is -0.262. The molecule has 0 spiro atoms. The Balaban J connectivity index is 1.90. The smallest absolute Gasteiger partial charge is 0.324 e. The Kier molecular flexibility index (Phi) is 6.45. The minimum Gasteiger partial charge on any atom is -0.490 e. The van der Waals surface area contributed by atoms with Crippen LogP contribution in [0.25, 0.3) is 0 Å². The third-order valence-electron chi connectivity index (χ3n) is 3.58. The van der Waals surface area contributed by atoms with Crippen molar-refractivity contribution in [1.82, 2.24) is 0 Å². The van der Waals surface area contributed by atoms with Gasteiger partial charge in [0.15, 0.2) is 15.1 Å². The molecule has 0 aromatic heterocycles. The van der Waals surface area contributed by atoms with Gasteiger partial charge < -0.3 is 9.47 Å². The van der Waals surface area contributed by atoms with Crippen molar-refractivity contribution < 1.29 is 32.0 Å². The number of ether oxygens (including phenoxy) is 2. The van der Waals surface area contributed by atoms with Crippen LogP contribution in [-0.4, -0.2) is 37.8 Å². The first-order valence-electron chi connectivity index (χ1n) is 7.75. The maximum Gasteiger partial charge on any atom is 0.324 e. The lowest BCUT2D eigenvalue weighted by Gasteiger charge is -2.13. The number of halogens is 1. The number of nitro groups is 1. The van der Waals surface area contributed by atoms with Crippen LogP contribution < -0.4 is 4.74 Å². The number of non-ortho nitro benzene ring substituents is 1. The number of nitro benzene ring substituents is 1. The fraction of sp³-hybridized carbons (Fsp3) is 0.235. The molecule has 0 amide bonds. The summed E-state index contributed by atoms with van der Waals surface area (Å²) in [6, 6.07) is 9.44.